The molecule has 162 valence electrons. The SMILES string of the molecule is Cc1ccc(C)c2[nH]c(=O)c(CN(Cc3cccnc3)C(=S)NC[C@@H]3CCCO3)cc12. The van der Waals surface area contributed by atoms with Gasteiger partial charge in [-0.3, -0.25) is 9.78 Å². The summed E-state index contributed by atoms with van der Waals surface area (Å²) in [6.07, 6.45) is 5.90. The van der Waals surface area contributed by atoms with Crippen LogP contribution in [0.1, 0.15) is 35.1 Å². The Hall–Kier alpha value is -2.77. The summed E-state index contributed by atoms with van der Waals surface area (Å²) in [7, 11) is 0. The van der Waals surface area contributed by atoms with E-state index in [1.807, 2.05) is 42.3 Å². The zero-order valence-corrected chi connectivity index (χ0v) is 18.8. The molecule has 0 aliphatic carbocycles. The summed E-state index contributed by atoms with van der Waals surface area (Å²) >= 11 is 5.72. The fourth-order valence-electron chi connectivity index (χ4n) is 3.97. The number of aromatic nitrogens is 2. The minimum atomic E-state index is -0.0840. The molecule has 1 aliphatic rings. The number of thiocarbonyl (C=S) groups is 1. The molecule has 3 heterocycles. The standard InChI is InChI=1S/C24H28N4O2S/c1-16-7-8-17(2)22-21(16)11-19(23(29)27-22)15-28(14-18-5-3-9-25-12-18)24(31)26-13-20-6-4-10-30-20/h3,5,7-9,11-12,20H,4,6,10,13-15H2,1-2H3,(H,26,31)(H,27,29)/t20-/m0/s1. The molecule has 1 saturated heterocycles. The van der Waals surface area contributed by atoms with Gasteiger partial charge in [-0.1, -0.05) is 18.2 Å². The minimum absolute atomic E-state index is 0.0840. The molecule has 0 spiro atoms. The molecular formula is C24H28N4O2S. The van der Waals surface area contributed by atoms with E-state index >= 15 is 0 Å². The molecule has 4 rings (SSSR count). The second kappa shape index (κ2) is 9.58. The molecule has 1 fully saturated rings. The average Bonchev–Trinajstić information content (AvgIpc) is 3.29. The monoisotopic (exact) mass is 436 g/mol. The lowest BCUT2D eigenvalue weighted by molar-refractivity contribution is 0.113. The van der Waals surface area contributed by atoms with E-state index in [4.69, 9.17) is 17.0 Å². The second-order valence-electron chi connectivity index (χ2n) is 8.15. The zero-order valence-electron chi connectivity index (χ0n) is 18.0. The molecule has 0 unspecified atom stereocenters. The zero-order chi connectivity index (χ0) is 21.8. The van der Waals surface area contributed by atoms with Gasteiger partial charge in [-0.05, 0) is 67.7 Å². The molecule has 2 N–H and O–H groups in total. The number of H-pyrrole nitrogens is 1. The summed E-state index contributed by atoms with van der Waals surface area (Å²) in [4.78, 5) is 22.2. The Morgan fingerprint density at radius 1 is 1.29 bits per heavy atom. The average molecular weight is 437 g/mol. The number of benzene rings is 1. The number of rotatable bonds is 6. The van der Waals surface area contributed by atoms with Crippen LogP contribution in [-0.2, 0) is 17.8 Å². The predicted molar refractivity (Wildman–Crippen MR) is 127 cm³/mol. The van der Waals surface area contributed by atoms with Crippen molar-refractivity contribution in [1.29, 1.82) is 0 Å². The molecule has 7 heteroatoms. The van der Waals surface area contributed by atoms with Gasteiger partial charge in [-0.2, -0.15) is 0 Å². The first-order valence-corrected chi connectivity index (χ1v) is 11.1. The van der Waals surface area contributed by atoms with Crippen LogP contribution in [0.3, 0.4) is 0 Å². The topological polar surface area (TPSA) is 70.2 Å². The molecule has 31 heavy (non-hydrogen) atoms. The van der Waals surface area contributed by atoms with Crippen LogP contribution in [-0.4, -0.2) is 39.2 Å². The summed E-state index contributed by atoms with van der Waals surface area (Å²) in [5, 5.41) is 5.02. The number of hydrogen-bond donors (Lipinski definition) is 2. The van der Waals surface area contributed by atoms with Crippen LogP contribution in [0.2, 0.25) is 0 Å². The fraction of sp³-hybridized carbons (Fsp3) is 0.375. The molecular weight excluding hydrogens is 408 g/mol. The largest absolute Gasteiger partial charge is 0.376 e. The van der Waals surface area contributed by atoms with Gasteiger partial charge in [0.1, 0.15) is 0 Å². The highest BCUT2D eigenvalue weighted by Crippen LogP contribution is 2.20. The summed E-state index contributed by atoms with van der Waals surface area (Å²) in [6, 6.07) is 10.0. The number of aryl methyl sites for hydroxylation is 2. The Kier molecular flexibility index (Phi) is 6.63. The van der Waals surface area contributed by atoms with E-state index in [1.165, 1.54) is 0 Å². The molecule has 0 radical (unpaired) electrons. The van der Waals surface area contributed by atoms with Gasteiger partial charge in [-0.25, -0.2) is 0 Å². The lowest BCUT2D eigenvalue weighted by Crippen LogP contribution is -2.42. The molecule has 0 amide bonds. The van der Waals surface area contributed by atoms with E-state index in [-0.39, 0.29) is 11.7 Å². The van der Waals surface area contributed by atoms with Gasteiger partial charge in [0.05, 0.1) is 18.2 Å². The number of fused-ring (bicyclic) bond motifs is 1. The van der Waals surface area contributed by atoms with E-state index < -0.39 is 0 Å². The summed E-state index contributed by atoms with van der Waals surface area (Å²) in [6.45, 7) is 6.53. The Morgan fingerprint density at radius 3 is 2.87 bits per heavy atom. The highest BCUT2D eigenvalue weighted by molar-refractivity contribution is 7.80. The Balaban J connectivity index is 1.60. The van der Waals surface area contributed by atoms with Gasteiger partial charge >= 0.3 is 0 Å². The molecule has 1 aliphatic heterocycles. The first kappa shape index (κ1) is 21.5. The minimum Gasteiger partial charge on any atom is -0.376 e. The van der Waals surface area contributed by atoms with Crippen LogP contribution in [0.5, 0.6) is 0 Å². The Bertz CT molecular complexity index is 1120. The van der Waals surface area contributed by atoms with Crippen molar-refractivity contribution in [1.82, 2.24) is 20.2 Å². The number of nitrogens with zero attached hydrogens (tertiary/aromatic N) is 2. The van der Waals surface area contributed by atoms with Crippen LogP contribution < -0.4 is 10.9 Å². The molecule has 0 bridgehead atoms. The third-order valence-corrected chi connectivity index (χ3v) is 6.17. The molecule has 0 saturated carbocycles. The van der Waals surface area contributed by atoms with Crippen molar-refractivity contribution < 1.29 is 4.74 Å². The van der Waals surface area contributed by atoms with E-state index in [9.17, 15) is 4.79 Å². The van der Waals surface area contributed by atoms with Gasteiger partial charge in [-0.15, -0.1) is 0 Å². The van der Waals surface area contributed by atoms with Gasteiger partial charge in [0, 0.05) is 43.0 Å². The Labute approximate surface area is 187 Å². The maximum Gasteiger partial charge on any atom is 0.253 e. The summed E-state index contributed by atoms with van der Waals surface area (Å²) < 4.78 is 5.71. The van der Waals surface area contributed by atoms with Crippen LogP contribution in [0.25, 0.3) is 10.9 Å². The van der Waals surface area contributed by atoms with E-state index in [1.54, 1.807) is 6.20 Å². The van der Waals surface area contributed by atoms with Crippen molar-refractivity contribution in [3.63, 3.8) is 0 Å². The van der Waals surface area contributed by atoms with Crippen LogP contribution in [0.15, 0.2) is 47.5 Å². The number of aromatic amines is 1. The maximum absolute atomic E-state index is 12.9. The highest BCUT2D eigenvalue weighted by atomic mass is 32.1. The number of ether oxygens (including phenoxy) is 1. The summed E-state index contributed by atoms with van der Waals surface area (Å²) in [5.74, 6) is 0. The van der Waals surface area contributed by atoms with Crippen LogP contribution in [0.4, 0.5) is 0 Å². The number of pyridine rings is 2. The lowest BCUT2D eigenvalue weighted by atomic mass is 10.0. The van der Waals surface area contributed by atoms with Crippen molar-refractivity contribution in [3.8, 4) is 0 Å². The van der Waals surface area contributed by atoms with Crippen LogP contribution in [0, 0.1) is 13.8 Å². The van der Waals surface area contributed by atoms with Crippen molar-refractivity contribution in [3.05, 3.63) is 75.3 Å². The van der Waals surface area contributed by atoms with Crippen molar-refractivity contribution >= 4 is 28.2 Å². The highest BCUT2D eigenvalue weighted by Gasteiger charge is 2.19. The fourth-order valence-corrected chi connectivity index (χ4v) is 4.18. The third-order valence-electron chi connectivity index (χ3n) is 5.77. The molecule has 2 aromatic heterocycles. The van der Waals surface area contributed by atoms with E-state index in [2.05, 4.69) is 28.3 Å². The van der Waals surface area contributed by atoms with Gasteiger partial charge in [0.2, 0.25) is 0 Å². The van der Waals surface area contributed by atoms with E-state index in [0.717, 1.165) is 47.0 Å². The molecule has 1 atom stereocenters. The van der Waals surface area contributed by atoms with Gasteiger partial charge in [0.25, 0.3) is 5.56 Å². The second-order valence-corrected chi connectivity index (χ2v) is 8.54. The predicted octanol–water partition coefficient (Wildman–Crippen LogP) is 3.60. The lowest BCUT2D eigenvalue weighted by Gasteiger charge is -2.27. The van der Waals surface area contributed by atoms with Gasteiger partial charge in [0.15, 0.2) is 5.11 Å². The molecule has 6 nitrogen and oxygen atoms in total. The maximum atomic E-state index is 12.9. The molecule has 3 aromatic rings. The normalized spacial score (nSPS) is 15.9. The first-order chi connectivity index (χ1) is 15.0. The van der Waals surface area contributed by atoms with Crippen molar-refractivity contribution in [2.45, 2.75) is 45.9 Å². The Morgan fingerprint density at radius 2 is 2.13 bits per heavy atom. The first-order valence-electron chi connectivity index (χ1n) is 10.7. The van der Waals surface area contributed by atoms with Crippen molar-refractivity contribution in [2.24, 2.45) is 0 Å². The smallest absolute Gasteiger partial charge is 0.253 e. The number of hydrogen-bond acceptors (Lipinski definition) is 4. The third kappa shape index (κ3) is 5.11. The van der Waals surface area contributed by atoms with Crippen LogP contribution >= 0.6 is 12.2 Å². The van der Waals surface area contributed by atoms with Gasteiger partial charge < -0.3 is 19.9 Å². The van der Waals surface area contributed by atoms with Crippen molar-refractivity contribution in [2.75, 3.05) is 13.2 Å². The summed E-state index contributed by atoms with van der Waals surface area (Å²) in [5.41, 5.74) is 4.73. The van der Waals surface area contributed by atoms with E-state index in [0.29, 0.717) is 30.3 Å². The number of nitrogens with one attached hydrogen (secondary N) is 2. The quantitative estimate of drug-likeness (QED) is 0.576. The molecule has 1 aromatic carbocycles.